The Kier molecular flexibility index (Phi) is 9.91. The summed E-state index contributed by atoms with van der Waals surface area (Å²) in [4.78, 5) is 23.5. The van der Waals surface area contributed by atoms with Crippen LogP contribution in [0.4, 0.5) is 17.6 Å². The lowest BCUT2D eigenvalue weighted by Crippen LogP contribution is -2.38. The zero-order chi connectivity index (χ0) is 33.0. The number of benzene rings is 2. The van der Waals surface area contributed by atoms with Gasteiger partial charge in [-0.15, -0.1) is 0 Å². The predicted octanol–water partition coefficient (Wildman–Crippen LogP) is 7.04. The molecule has 0 unspecified atom stereocenters. The lowest BCUT2D eigenvalue weighted by atomic mass is 9.79. The molecule has 8 nitrogen and oxygen atoms in total. The Hall–Kier alpha value is -4.50. The molecule has 6 rings (SSSR count). The minimum absolute atomic E-state index is 0.0148. The minimum atomic E-state index is -4.23. The highest BCUT2D eigenvalue weighted by Gasteiger charge is 2.49. The summed E-state index contributed by atoms with van der Waals surface area (Å²) in [7, 11) is 0. The van der Waals surface area contributed by atoms with Crippen molar-refractivity contribution in [3.63, 3.8) is 0 Å². The second kappa shape index (κ2) is 13.9. The lowest BCUT2D eigenvalue weighted by molar-refractivity contribution is -0.202. The third kappa shape index (κ3) is 7.15. The van der Waals surface area contributed by atoms with E-state index in [-0.39, 0.29) is 37.0 Å². The number of nitriles is 1. The Bertz CT molecular complexity index is 1730. The topological polar surface area (TPSA) is 110 Å². The summed E-state index contributed by atoms with van der Waals surface area (Å²) in [6.45, 7) is 5.92. The molecule has 12 heteroatoms. The number of hydrogen-bond donors (Lipinski definition) is 1. The number of nitrogens with zero attached hydrogens (tertiary/aromatic N) is 5. The Morgan fingerprint density at radius 3 is 2.46 bits per heavy atom. The first-order chi connectivity index (χ1) is 22.1. The lowest BCUT2D eigenvalue weighted by Gasteiger charge is -2.39. The Morgan fingerprint density at radius 1 is 1.07 bits per heavy atom. The van der Waals surface area contributed by atoms with E-state index in [1.165, 1.54) is 18.2 Å². The SMILES string of the molecule is CC.N#Cc1ccc(COc2cccc(C3CCN(Cc4nc5ccc(C(N)=O)cc5n4C4CC(C(F)(F)F)C4)CC3)n2)c(F)c1. The van der Waals surface area contributed by atoms with Gasteiger partial charge in [0.05, 0.1) is 35.1 Å². The highest BCUT2D eigenvalue weighted by molar-refractivity contribution is 5.96. The molecule has 0 atom stereocenters. The average molecular weight is 637 g/mol. The van der Waals surface area contributed by atoms with Gasteiger partial charge in [0.25, 0.3) is 0 Å². The molecule has 1 aliphatic heterocycles. The number of pyridine rings is 1. The first-order valence-electron chi connectivity index (χ1n) is 15.5. The van der Waals surface area contributed by atoms with Gasteiger partial charge in [-0.1, -0.05) is 26.0 Å². The number of amides is 1. The molecule has 242 valence electrons. The predicted molar refractivity (Wildman–Crippen MR) is 164 cm³/mol. The molecule has 46 heavy (non-hydrogen) atoms. The molecule has 2 aliphatic rings. The largest absolute Gasteiger partial charge is 0.473 e. The van der Waals surface area contributed by atoms with Gasteiger partial charge in [-0.25, -0.2) is 14.4 Å². The molecule has 0 bridgehead atoms. The second-order valence-corrected chi connectivity index (χ2v) is 11.5. The first-order valence-corrected chi connectivity index (χ1v) is 15.5. The van der Waals surface area contributed by atoms with Gasteiger partial charge in [-0.3, -0.25) is 9.69 Å². The van der Waals surface area contributed by atoms with E-state index in [4.69, 9.17) is 20.7 Å². The summed E-state index contributed by atoms with van der Waals surface area (Å²) < 4.78 is 61.8. The van der Waals surface area contributed by atoms with E-state index in [9.17, 15) is 22.4 Å². The zero-order valence-corrected chi connectivity index (χ0v) is 25.7. The van der Waals surface area contributed by atoms with E-state index in [0.717, 1.165) is 31.6 Å². The molecule has 1 aliphatic carbocycles. The quantitative estimate of drug-likeness (QED) is 0.208. The molecule has 2 fully saturated rings. The van der Waals surface area contributed by atoms with Crippen molar-refractivity contribution in [1.29, 1.82) is 5.26 Å². The summed E-state index contributed by atoms with van der Waals surface area (Å²) in [6.07, 6.45) is -2.65. The number of likely N-dealkylation sites (tertiary alicyclic amines) is 1. The summed E-state index contributed by atoms with van der Waals surface area (Å²) in [5, 5.41) is 8.93. The van der Waals surface area contributed by atoms with Crippen LogP contribution in [0.15, 0.2) is 54.6 Å². The van der Waals surface area contributed by atoms with Crippen molar-refractivity contribution in [1.82, 2.24) is 19.4 Å². The maximum atomic E-state index is 14.2. The third-order valence-corrected chi connectivity index (χ3v) is 8.66. The minimum Gasteiger partial charge on any atom is -0.473 e. The molecule has 2 aromatic heterocycles. The van der Waals surface area contributed by atoms with Crippen LogP contribution < -0.4 is 10.5 Å². The smallest absolute Gasteiger partial charge is 0.391 e. The number of piperidine rings is 1. The van der Waals surface area contributed by atoms with Crippen LogP contribution in [0.3, 0.4) is 0 Å². The van der Waals surface area contributed by atoms with E-state index in [2.05, 4.69) is 9.88 Å². The van der Waals surface area contributed by atoms with E-state index < -0.39 is 23.8 Å². The monoisotopic (exact) mass is 636 g/mol. The molecule has 1 amide bonds. The van der Waals surface area contributed by atoms with Crippen LogP contribution in [-0.4, -0.2) is 44.6 Å². The molecular formula is C34H36F4N6O2. The van der Waals surface area contributed by atoms with Crippen molar-refractivity contribution in [3.05, 3.63) is 88.6 Å². The molecule has 0 spiro atoms. The molecule has 1 saturated carbocycles. The Labute approximate surface area is 264 Å². The summed E-state index contributed by atoms with van der Waals surface area (Å²) in [5.74, 6) is -1.22. The van der Waals surface area contributed by atoms with Gasteiger partial charge in [0.15, 0.2) is 0 Å². The van der Waals surface area contributed by atoms with Gasteiger partial charge >= 0.3 is 6.18 Å². The number of ether oxygens (including phenoxy) is 1. The van der Waals surface area contributed by atoms with Gasteiger partial charge in [-0.2, -0.15) is 18.4 Å². The maximum Gasteiger partial charge on any atom is 0.391 e. The van der Waals surface area contributed by atoms with Crippen LogP contribution in [-0.2, 0) is 13.2 Å². The molecule has 2 aromatic carbocycles. The summed E-state index contributed by atoms with van der Waals surface area (Å²) in [5.41, 5.74) is 8.46. The van der Waals surface area contributed by atoms with Crippen molar-refractivity contribution >= 4 is 16.9 Å². The number of hydrogen-bond acceptors (Lipinski definition) is 6. The highest BCUT2D eigenvalue weighted by Crippen LogP contribution is 2.48. The van der Waals surface area contributed by atoms with Crippen LogP contribution in [0.5, 0.6) is 5.88 Å². The van der Waals surface area contributed by atoms with E-state index in [1.54, 1.807) is 24.3 Å². The number of aromatic nitrogens is 3. The Balaban J connectivity index is 0.00000204. The fourth-order valence-electron chi connectivity index (χ4n) is 6.09. The normalized spacial score (nSPS) is 18.7. The fraction of sp³-hybridized carbons (Fsp3) is 0.412. The van der Waals surface area contributed by atoms with Crippen molar-refractivity contribution in [2.45, 2.75) is 70.8 Å². The van der Waals surface area contributed by atoms with Crippen molar-refractivity contribution in [2.24, 2.45) is 11.7 Å². The molecular weight excluding hydrogens is 600 g/mol. The second-order valence-electron chi connectivity index (χ2n) is 11.5. The van der Waals surface area contributed by atoms with Gasteiger partial charge < -0.3 is 15.0 Å². The number of fused-ring (bicyclic) bond motifs is 1. The van der Waals surface area contributed by atoms with Gasteiger partial charge in [0.2, 0.25) is 11.8 Å². The molecule has 1 saturated heterocycles. The van der Waals surface area contributed by atoms with Gasteiger partial charge in [0, 0.05) is 34.8 Å². The number of halogens is 4. The van der Waals surface area contributed by atoms with E-state index in [1.807, 2.05) is 36.6 Å². The molecule has 3 heterocycles. The van der Waals surface area contributed by atoms with Crippen LogP contribution in [0.2, 0.25) is 0 Å². The number of imidazole rings is 1. The number of carbonyl (C=O) groups excluding carboxylic acids is 1. The van der Waals surface area contributed by atoms with E-state index >= 15 is 0 Å². The summed E-state index contributed by atoms with van der Waals surface area (Å²) >= 11 is 0. The van der Waals surface area contributed by atoms with Crippen molar-refractivity contribution in [2.75, 3.05) is 13.1 Å². The molecule has 2 N–H and O–H groups in total. The van der Waals surface area contributed by atoms with Crippen LogP contribution in [0.1, 0.15) is 84.5 Å². The highest BCUT2D eigenvalue weighted by atomic mass is 19.4. The number of nitrogens with two attached hydrogens (primary N) is 1. The third-order valence-electron chi connectivity index (χ3n) is 8.66. The molecule has 0 radical (unpaired) electrons. The van der Waals surface area contributed by atoms with E-state index in [0.29, 0.717) is 40.4 Å². The van der Waals surface area contributed by atoms with Crippen LogP contribution in [0, 0.1) is 23.1 Å². The van der Waals surface area contributed by atoms with Crippen LogP contribution >= 0.6 is 0 Å². The average Bonchev–Trinajstić information content (AvgIpc) is 3.37. The number of alkyl halides is 3. The van der Waals surface area contributed by atoms with Crippen molar-refractivity contribution < 1.29 is 27.1 Å². The number of carbonyl (C=O) groups is 1. The fourth-order valence-corrected chi connectivity index (χ4v) is 6.09. The number of rotatable bonds is 8. The van der Waals surface area contributed by atoms with Crippen molar-refractivity contribution in [3.8, 4) is 11.9 Å². The van der Waals surface area contributed by atoms with Crippen LogP contribution in [0.25, 0.3) is 11.0 Å². The standard InChI is InChI=1S/C32H30F4N6O2.C2H6/c33-25-12-19(16-37)4-5-22(25)18-44-30-3-1-2-26(40-30)20-8-10-41(11-9-20)17-29-39-27-7-6-21(31(38)43)13-28(27)42(29)24-14-23(15-24)32(34,35)36;1-2/h1-7,12-13,20,23-24H,8-11,14-15,17-18H2,(H2,38,43);1-2H3. The zero-order valence-electron chi connectivity index (χ0n) is 25.7. The maximum absolute atomic E-state index is 14.2. The van der Waals surface area contributed by atoms with Gasteiger partial charge in [-0.05, 0) is 75.2 Å². The molecule has 4 aromatic rings. The Morgan fingerprint density at radius 2 is 1.80 bits per heavy atom. The summed E-state index contributed by atoms with van der Waals surface area (Å²) in [6, 6.07) is 16.2. The van der Waals surface area contributed by atoms with Gasteiger partial charge in [0.1, 0.15) is 18.2 Å². The first kappa shape index (κ1) is 32.9. The number of primary amides is 1.